The van der Waals surface area contributed by atoms with Crippen molar-refractivity contribution in [1.29, 1.82) is 0 Å². The van der Waals surface area contributed by atoms with Gasteiger partial charge in [0.15, 0.2) is 0 Å². The minimum Gasteiger partial charge on any atom is -0.491 e. The van der Waals surface area contributed by atoms with Crippen LogP contribution in [0, 0.1) is 0 Å². The molecule has 5 rings (SSSR count). The van der Waals surface area contributed by atoms with Crippen molar-refractivity contribution >= 4 is 23.2 Å². The molecule has 3 atom stereocenters. The highest BCUT2D eigenvalue weighted by Gasteiger charge is 2.46. The zero-order chi connectivity index (χ0) is 26.0. The average molecular weight is 545 g/mol. The molecular formula is C25H26Cl2N6O4. The van der Waals surface area contributed by atoms with Crippen LogP contribution in [0.25, 0.3) is 5.69 Å². The van der Waals surface area contributed by atoms with E-state index in [1.807, 2.05) is 26.0 Å². The van der Waals surface area contributed by atoms with E-state index in [2.05, 4.69) is 15.3 Å². The van der Waals surface area contributed by atoms with Gasteiger partial charge < -0.3 is 14.2 Å². The smallest absolute Gasteiger partial charge is 0.350 e. The Labute approximate surface area is 223 Å². The summed E-state index contributed by atoms with van der Waals surface area (Å²) >= 11 is 12.6. The van der Waals surface area contributed by atoms with Crippen molar-refractivity contribution in [3.8, 4) is 11.4 Å². The number of hydrogen-bond acceptors (Lipinski definition) is 7. The van der Waals surface area contributed by atoms with Crippen molar-refractivity contribution in [2.24, 2.45) is 0 Å². The van der Waals surface area contributed by atoms with Crippen molar-refractivity contribution < 1.29 is 14.2 Å². The van der Waals surface area contributed by atoms with Crippen LogP contribution in [0.5, 0.6) is 5.75 Å². The molecule has 1 saturated heterocycles. The van der Waals surface area contributed by atoms with E-state index in [-0.39, 0.29) is 37.6 Å². The van der Waals surface area contributed by atoms with E-state index in [9.17, 15) is 4.79 Å². The Morgan fingerprint density at radius 3 is 2.59 bits per heavy atom. The monoisotopic (exact) mass is 544 g/mol. The van der Waals surface area contributed by atoms with Crippen LogP contribution in [0.1, 0.15) is 31.9 Å². The highest BCUT2D eigenvalue weighted by molar-refractivity contribution is 6.35. The summed E-state index contributed by atoms with van der Waals surface area (Å²) in [6.45, 7) is 4.70. The molecule has 4 aromatic rings. The predicted octanol–water partition coefficient (Wildman–Crippen LogP) is 4.25. The summed E-state index contributed by atoms with van der Waals surface area (Å²) in [4.78, 5) is 14.1. The number of aromatic nitrogens is 6. The molecule has 37 heavy (non-hydrogen) atoms. The minimum absolute atomic E-state index is 0.0314. The molecule has 194 valence electrons. The van der Waals surface area contributed by atoms with Crippen molar-refractivity contribution in [2.45, 2.75) is 44.7 Å². The Hall–Kier alpha value is -3.18. The lowest BCUT2D eigenvalue weighted by Crippen LogP contribution is -2.35. The Kier molecular flexibility index (Phi) is 7.34. The predicted molar refractivity (Wildman–Crippen MR) is 137 cm³/mol. The summed E-state index contributed by atoms with van der Waals surface area (Å²) in [5, 5.41) is 13.5. The van der Waals surface area contributed by atoms with Crippen molar-refractivity contribution in [2.75, 3.05) is 13.2 Å². The van der Waals surface area contributed by atoms with Gasteiger partial charge >= 0.3 is 5.69 Å². The number of halogens is 2. The lowest BCUT2D eigenvalue weighted by molar-refractivity contribution is -0.192. The van der Waals surface area contributed by atoms with Gasteiger partial charge in [-0.2, -0.15) is 20.1 Å². The summed E-state index contributed by atoms with van der Waals surface area (Å²) in [5.41, 5.74) is 1.16. The molecule has 1 aliphatic heterocycles. The van der Waals surface area contributed by atoms with E-state index in [0.717, 1.165) is 6.42 Å². The zero-order valence-electron chi connectivity index (χ0n) is 20.3. The summed E-state index contributed by atoms with van der Waals surface area (Å²) in [6, 6.07) is 12.4. The molecule has 0 bridgehead atoms. The van der Waals surface area contributed by atoms with Gasteiger partial charge in [-0.3, -0.25) is 0 Å². The van der Waals surface area contributed by atoms with Gasteiger partial charge in [-0.1, -0.05) is 36.2 Å². The summed E-state index contributed by atoms with van der Waals surface area (Å²) in [5.74, 6) is -0.569. The molecule has 2 aromatic heterocycles. The van der Waals surface area contributed by atoms with Crippen LogP contribution in [0.4, 0.5) is 0 Å². The molecule has 0 radical (unpaired) electrons. The van der Waals surface area contributed by atoms with Crippen LogP contribution in [0.3, 0.4) is 0 Å². The lowest BCUT2D eigenvalue weighted by Gasteiger charge is -2.29. The first-order valence-corrected chi connectivity index (χ1v) is 12.6. The molecule has 0 saturated carbocycles. The fraction of sp³-hybridized carbons (Fsp3) is 0.360. The van der Waals surface area contributed by atoms with Gasteiger partial charge in [0.05, 0.1) is 35.8 Å². The van der Waals surface area contributed by atoms with Crippen molar-refractivity contribution in [3.63, 3.8) is 0 Å². The van der Waals surface area contributed by atoms with Crippen LogP contribution in [0.2, 0.25) is 10.0 Å². The van der Waals surface area contributed by atoms with Crippen LogP contribution in [0.15, 0.2) is 66.0 Å². The third-order valence-electron chi connectivity index (χ3n) is 6.27. The molecule has 1 fully saturated rings. The number of rotatable bonds is 9. The first-order valence-electron chi connectivity index (χ1n) is 11.9. The van der Waals surface area contributed by atoms with E-state index in [4.69, 9.17) is 37.4 Å². The fourth-order valence-electron chi connectivity index (χ4n) is 4.13. The van der Waals surface area contributed by atoms with E-state index in [1.54, 1.807) is 42.7 Å². The molecule has 3 heterocycles. The van der Waals surface area contributed by atoms with Gasteiger partial charge in [0.2, 0.25) is 5.79 Å². The highest BCUT2D eigenvalue weighted by Crippen LogP contribution is 2.40. The second kappa shape index (κ2) is 10.7. The standard InChI is InChI=1S/C25H26Cl2N6O4/c1-3-17(2)33-24(34)31(16-30-33)19-5-7-20(8-6-19)35-13-21-14-36-25(37-21,15-32-28-10-11-29-32)22-9-4-18(26)12-23(22)27/h4-12,16-17,21H,3,13-15H2,1-2H3/t17?,21-,25-/m1/s1. The molecule has 1 aliphatic rings. The van der Waals surface area contributed by atoms with Gasteiger partial charge in [0.1, 0.15) is 31.3 Å². The van der Waals surface area contributed by atoms with Gasteiger partial charge in [0.25, 0.3) is 0 Å². The number of ether oxygens (including phenoxy) is 3. The van der Waals surface area contributed by atoms with E-state index >= 15 is 0 Å². The number of nitrogens with zero attached hydrogens (tertiary/aromatic N) is 6. The Bertz CT molecular complexity index is 1410. The molecule has 0 amide bonds. The summed E-state index contributed by atoms with van der Waals surface area (Å²) in [6.07, 6.45) is 5.14. The molecular weight excluding hydrogens is 519 g/mol. The zero-order valence-corrected chi connectivity index (χ0v) is 21.8. The molecule has 1 unspecified atom stereocenters. The third-order valence-corrected chi connectivity index (χ3v) is 6.82. The summed E-state index contributed by atoms with van der Waals surface area (Å²) < 4.78 is 21.5. The molecule has 12 heteroatoms. The van der Waals surface area contributed by atoms with Crippen molar-refractivity contribution in [1.82, 2.24) is 29.3 Å². The van der Waals surface area contributed by atoms with Gasteiger partial charge in [-0.05, 0) is 49.7 Å². The van der Waals surface area contributed by atoms with Gasteiger partial charge in [-0.25, -0.2) is 14.0 Å². The Morgan fingerprint density at radius 1 is 1.14 bits per heavy atom. The van der Waals surface area contributed by atoms with Crippen LogP contribution < -0.4 is 10.4 Å². The highest BCUT2D eigenvalue weighted by atomic mass is 35.5. The minimum atomic E-state index is -1.20. The second-order valence-electron chi connectivity index (χ2n) is 8.78. The quantitative estimate of drug-likeness (QED) is 0.310. The van der Waals surface area contributed by atoms with Crippen LogP contribution in [-0.2, 0) is 21.8 Å². The second-order valence-corrected chi connectivity index (χ2v) is 9.62. The first-order chi connectivity index (χ1) is 17.9. The van der Waals surface area contributed by atoms with Crippen LogP contribution in [-0.4, -0.2) is 48.7 Å². The fourth-order valence-corrected chi connectivity index (χ4v) is 4.68. The van der Waals surface area contributed by atoms with E-state index in [1.165, 1.54) is 20.4 Å². The van der Waals surface area contributed by atoms with Gasteiger partial charge in [-0.15, -0.1) is 0 Å². The van der Waals surface area contributed by atoms with E-state index in [0.29, 0.717) is 27.0 Å². The Morgan fingerprint density at radius 2 is 1.89 bits per heavy atom. The molecule has 0 aliphatic carbocycles. The number of benzene rings is 2. The van der Waals surface area contributed by atoms with E-state index < -0.39 is 5.79 Å². The molecule has 0 spiro atoms. The first kappa shape index (κ1) is 25.5. The summed E-state index contributed by atoms with van der Waals surface area (Å²) in [7, 11) is 0. The topological polar surface area (TPSA) is 98.2 Å². The van der Waals surface area contributed by atoms with Crippen LogP contribution >= 0.6 is 23.2 Å². The molecule has 2 aromatic carbocycles. The maximum Gasteiger partial charge on any atom is 0.350 e. The third kappa shape index (κ3) is 5.28. The van der Waals surface area contributed by atoms with Gasteiger partial charge in [0, 0.05) is 10.6 Å². The Balaban J connectivity index is 1.28. The lowest BCUT2D eigenvalue weighted by atomic mass is 10.1. The SMILES string of the molecule is CCC(C)n1ncn(-c2ccc(OC[C@@H]3CO[C@@](Cn4nccn4)(c4ccc(Cl)cc4Cl)O3)cc2)c1=O. The normalized spacial score (nSPS) is 20.3. The number of hydrogen-bond donors (Lipinski definition) is 0. The largest absolute Gasteiger partial charge is 0.491 e. The maximum atomic E-state index is 12.7. The average Bonchev–Trinajstić information content (AvgIpc) is 3.64. The van der Waals surface area contributed by atoms with Crippen molar-refractivity contribution in [3.05, 3.63) is 87.3 Å². The molecule has 0 N–H and O–H groups in total. The maximum absolute atomic E-state index is 12.7. The molecule has 10 nitrogen and oxygen atoms in total.